The Morgan fingerprint density at radius 3 is 2.22 bits per heavy atom. The highest BCUT2D eigenvalue weighted by Crippen LogP contribution is 2.28. The van der Waals surface area contributed by atoms with Crippen molar-refractivity contribution in [3.8, 4) is 5.75 Å². The van der Waals surface area contributed by atoms with Gasteiger partial charge in [-0.3, -0.25) is 14.1 Å². The summed E-state index contributed by atoms with van der Waals surface area (Å²) in [6.07, 6.45) is 5.75. The number of carbonyl (C=O) groups excluding carboxylic acids is 2. The number of benzene rings is 2. The second-order valence-corrected chi connectivity index (χ2v) is 13.6. The number of methoxy groups -OCH3 is 1. The van der Waals surface area contributed by atoms with E-state index in [1.54, 1.807) is 55.8 Å². The van der Waals surface area contributed by atoms with Gasteiger partial charge in [0.05, 0.1) is 31.9 Å². The molecule has 1 heterocycles. The van der Waals surface area contributed by atoms with Crippen molar-refractivity contribution in [2.45, 2.75) is 53.2 Å². The molecule has 0 radical (unpaired) electrons. The molecule has 1 aromatic heterocycles. The average molecular weight is 643 g/mol. The molecule has 0 bridgehead atoms. The van der Waals surface area contributed by atoms with E-state index in [9.17, 15) is 23.1 Å². The maximum Gasteiger partial charge on any atom is 0.267 e. The minimum Gasteiger partial charge on any atom is -0.497 e. The van der Waals surface area contributed by atoms with E-state index < -0.39 is 22.0 Å². The summed E-state index contributed by atoms with van der Waals surface area (Å²) in [4.78, 5) is 29.2. The number of aliphatic hydroxyl groups excluding tert-OH is 1. The Morgan fingerprint density at radius 1 is 1.00 bits per heavy atom. The molecule has 0 fully saturated rings. The van der Waals surface area contributed by atoms with E-state index in [4.69, 9.17) is 14.0 Å². The van der Waals surface area contributed by atoms with Crippen LogP contribution in [0, 0.1) is 11.8 Å². The first kappa shape index (κ1) is 36.0. The fourth-order valence-electron chi connectivity index (χ4n) is 4.79. The number of carbonyl (C=O) groups is 2. The summed E-state index contributed by atoms with van der Waals surface area (Å²) in [5, 5.41) is 10.3. The highest BCUT2D eigenvalue weighted by atomic mass is 32.2. The molecule has 1 amide bonds. The maximum atomic E-state index is 13.7. The molecule has 2 N–H and O–H groups in total. The summed E-state index contributed by atoms with van der Waals surface area (Å²) >= 11 is 0. The number of aromatic nitrogens is 1. The van der Waals surface area contributed by atoms with Crippen LogP contribution in [0.4, 0.5) is 0 Å². The molecule has 45 heavy (non-hydrogen) atoms. The smallest absolute Gasteiger partial charge is 0.267 e. The van der Waals surface area contributed by atoms with Gasteiger partial charge >= 0.3 is 0 Å². The lowest BCUT2D eigenvalue weighted by atomic mass is 10.0. The van der Waals surface area contributed by atoms with E-state index in [2.05, 4.69) is 27.7 Å². The third-order valence-electron chi connectivity index (χ3n) is 7.36. The predicted molar refractivity (Wildman–Crippen MR) is 176 cm³/mol. The Labute approximate surface area is 266 Å². The first-order chi connectivity index (χ1) is 21.3. The van der Waals surface area contributed by atoms with Gasteiger partial charge in [0.2, 0.25) is 5.91 Å². The summed E-state index contributed by atoms with van der Waals surface area (Å²) in [5.41, 5.74) is 2.55. The van der Waals surface area contributed by atoms with Crippen molar-refractivity contribution in [1.29, 1.82) is 0 Å². The van der Waals surface area contributed by atoms with Crippen molar-refractivity contribution in [2.24, 2.45) is 11.8 Å². The van der Waals surface area contributed by atoms with Gasteiger partial charge in [0, 0.05) is 41.9 Å². The first-order valence-electron chi connectivity index (χ1n) is 15.2. The average Bonchev–Trinajstić information content (AvgIpc) is 3.32. The number of ether oxygens (including phenoxy) is 2. The quantitative estimate of drug-likeness (QED) is 0.111. The number of hydrogen-bond acceptors (Lipinski definition) is 7. The minimum atomic E-state index is -4.27. The van der Waals surface area contributed by atoms with E-state index >= 15 is 0 Å². The monoisotopic (exact) mass is 642 g/mol. The molecule has 10 nitrogen and oxygen atoms in total. The number of fused-ring (bicyclic) bond motifs is 1. The summed E-state index contributed by atoms with van der Waals surface area (Å²) < 4.78 is 42.9. The van der Waals surface area contributed by atoms with Gasteiger partial charge in [-0.05, 0) is 42.4 Å². The molecule has 0 saturated heterocycles. The van der Waals surface area contributed by atoms with Crippen molar-refractivity contribution in [1.82, 2.24) is 9.47 Å². The Bertz CT molecular complexity index is 1550. The standard InChI is InChI=1S/C34H46N2O8S/c1-24(2)14-16-35(17-15-25(3)4)33(38)21-36-20-31(30-13-12-29(43-5)19-32(30)36)34(39)27-10-8-26(9-11-27)7-6-18-44-22-28(37)23-45(40,41)42/h6-13,19-20,24-25,28,37H,14-18,21-23H2,1-5H3,(H,40,41,42). The van der Waals surface area contributed by atoms with Gasteiger partial charge in [-0.2, -0.15) is 8.42 Å². The van der Waals surface area contributed by atoms with E-state index in [1.807, 2.05) is 21.6 Å². The third kappa shape index (κ3) is 11.4. The van der Waals surface area contributed by atoms with Crippen LogP contribution in [0.15, 0.2) is 54.7 Å². The normalized spacial score (nSPS) is 12.8. The van der Waals surface area contributed by atoms with E-state index in [0.717, 1.165) is 29.3 Å². The van der Waals surface area contributed by atoms with Crippen LogP contribution in [0.25, 0.3) is 17.0 Å². The Hall–Kier alpha value is -3.51. The first-order valence-corrected chi connectivity index (χ1v) is 16.8. The number of hydrogen-bond donors (Lipinski definition) is 2. The van der Waals surface area contributed by atoms with E-state index in [1.165, 1.54) is 0 Å². The molecule has 3 aromatic rings. The number of aliphatic hydroxyl groups is 1. The SMILES string of the molecule is COc1ccc2c(C(=O)c3ccc(C=CCOCC(O)CS(=O)(=O)O)cc3)cn(CC(=O)N(CCC(C)C)CCC(C)C)c2c1. The summed E-state index contributed by atoms with van der Waals surface area (Å²) in [7, 11) is -2.69. The number of ketones is 1. The maximum absolute atomic E-state index is 13.7. The van der Waals surface area contributed by atoms with Crippen molar-refractivity contribution in [2.75, 3.05) is 39.2 Å². The summed E-state index contributed by atoms with van der Waals surface area (Å²) in [6, 6.07) is 12.6. The van der Waals surface area contributed by atoms with Crippen LogP contribution in [0.2, 0.25) is 0 Å². The third-order valence-corrected chi connectivity index (χ3v) is 8.16. The molecule has 0 spiro atoms. The zero-order valence-electron chi connectivity index (χ0n) is 26.8. The van der Waals surface area contributed by atoms with Gasteiger partial charge in [0.25, 0.3) is 10.1 Å². The molecular formula is C34H46N2O8S. The Balaban J connectivity index is 1.76. The van der Waals surface area contributed by atoms with E-state index in [0.29, 0.717) is 41.8 Å². The lowest BCUT2D eigenvalue weighted by Crippen LogP contribution is -2.36. The van der Waals surface area contributed by atoms with Crippen LogP contribution in [-0.4, -0.2) is 84.5 Å². The molecule has 0 aliphatic heterocycles. The van der Waals surface area contributed by atoms with Crippen LogP contribution in [0.3, 0.4) is 0 Å². The molecular weight excluding hydrogens is 596 g/mol. The Kier molecular flexibility index (Phi) is 13.3. The van der Waals surface area contributed by atoms with Crippen LogP contribution >= 0.6 is 0 Å². The molecule has 0 saturated carbocycles. The molecule has 0 aliphatic carbocycles. The fourth-order valence-corrected chi connectivity index (χ4v) is 5.38. The lowest BCUT2D eigenvalue weighted by molar-refractivity contribution is -0.132. The molecule has 1 atom stereocenters. The summed E-state index contributed by atoms with van der Waals surface area (Å²) in [6.45, 7) is 9.99. The highest BCUT2D eigenvalue weighted by Gasteiger charge is 2.21. The van der Waals surface area contributed by atoms with Gasteiger partial charge in [0.1, 0.15) is 18.0 Å². The van der Waals surface area contributed by atoms with Gasteiger partial charge in [0.15, 0.2) is 5.78 Å². The van der Waals surface area contributed by atoms with Crippen LogP contribution in [0.5, 0.6) is 5.75 Å². The highest BCUT2D eigenvalue weighted by molar-refractivity contribution is 7.85. The molecule has 246 valence electrons. The minimum absolute atomic E-state index is 0.0167. The van der Waals surface area contributed by atoms with Crippen LogP contribution < -0.4 is 4.74 Å². The van der Waals surface area contributed by atoms with Crippen molar-refractivity contribution >= 4 is 38.8 Å². The van der Waals surface area contributed by atoms with Gasteiger partial charge in [-0.15, -0.1) is 0 Å². The number of amides is 1. The number of rotatable bonds is 18. The van der Waals surface area contributed by atoms with Gasteiger partial charge in [-0.25, -0.2) is 0 Å². The molecule has 2 aromatic carbocycles. The lowest BCUT2D eigenvalue weighted by Gasteiger charge is -2.25. The Morgan fingerprint density at radius 2 is 1.64 bits per heavy atom. The molecule has 0 aliphatic rings. The molecule has 3 rings (SSSR count). The van der Waals surface area contributed by atoms with Crippen molar-refractivity contribution in [3.63, 3.8) is 0 Å². The van der Waals surface area contributed by atoms with E-state index in [-0.39, 0.29) is 31.4 Å². The largest absolute Gasteiger partial charge is 0.497 e. The second kappa shape index (κ2) is 16.7. The molecule has 11 heteroatoms. The fraction of sp³-hybridized carbons (Fsp3) is 0.471. The van der Waals surface area contributed by atoms with Gasteiger partial charge in [-0.1, -0.05) is 64.1 Å². The van der Waals surface area contributed by atoms with Crippen LogP contribution in [0.1, 0.15) is 62.0 Å². The zero-order chi connectivity index (χ0) is 33.1. The zero-order valence-corrected chi connectivity index (χ0v) is 27.6. The predicted octanol–water partition coefficient (Wildman–Crippen LogP) is 5.08. The van der Waals surface area contributed by atoms with Crippen molar-refractivity contribution < 1.29 is 37.1 Å². The van der Waals surface area contributed by atoms with Crippen LogP contribution in [-0.2, 0) is 26.2 Å². The second-order valence-electron chi connectivity index (χ2n) is 12.1. The molecule has 1 unspecified atom stereocenters. The van der Waals surface area contributed by atoms with Crippen molar-refractivity contribution in [3.05, 3.63) is 71.4 Å². The summed E-state index contributed by atoms with van der Waals surface area (Å²) in [5.74, 6) is 0.662. The number of nitrogens with zero attached hydrogens (tertiary/aromatic N) is 2. The van der Waals surface area contributed by atoms with Gasteiger partial charge < -0.3 is 24.0 Å². The topological polar surface area (TPSA) is 135 Å².